The lowest BCUT2D eigenvalue weighted by atomic mass is 10.2. The van der Waals surface area contributed by atoms with Crippen LogP contribution in [0.2, 0.25) is 0 Å². The minimum Gasteiger partial charge on any atom is -0.368 e. The molecule has 168 valence electrons. The maximum absolute atomic E-state index is 13.2. The Labute approximate surface area is 196 Å². The van der Waals surface area contributed by atoms with Gasteiger partial charge in [-0.05, 0) is 54.6 Å². The van der Waals surface area contributed by atoms with Crippen LogP contribution in [0.1, 0.15) is 10.4 Å². The van der Waals surface area contributed by atoms with Crippen molar-refractivity contribution >= 4 is 40.8 Å². The van der Waals surface area contributed by atoms with Crippen molar-refractivity contribution in [2.24, 2.45) is 0 Å². The monoisotopic (exact) mass is 462 g/mol. The fourth-order valence-electron chi connectivity index (χ4n) is 4.11. The van der Waals surface area contributed by atoms with Crippen molar-refractivity contribution in [1.29, 1.82) is 0 Å². The summed E-state index contributed by atoms with van der Waals surface area (Å²) in [4.78, 5) is 33.2. The second-order valence-electron chi connectivity index (χ2n) is 8.03. The molecule has 0 radical (unpaired) electrons. The van der Waals surface area contributed by atoms with Gasteiger partial charge in [-0.3, -0.25) is 4.79 Å². The smallest absolute Gasteiger partial charge is 0.321 e. The van der Waals surface area contributed by atoms with Gasteiger partial charge in [0.25, 0.3) is 5.91 Å². The van der Waals surface area contributed by atoms with E-state index in [0.717, 1.165) is 21.2 Å². The number of hydrogen-bond donors (Lipinski definition) is 1. The summed E-state index contributed by atoms with van der Waals surface area (Å²) in [6.45, 7) is 2.49. The first-order valence-corrected chi connectivity index (χ1v) is 11.6. The van der Waals surface area contributed by atoms with E-state index >= 15 is 0 Å². The number of benzene rings is 3. The second kappa shape index (κ2) is 8.78. The second-order valence-corrected chi connectivity index (χ2v) is 9.11. The first-order chi connectivity index (χ1) is 16.0. The van der Waals surface area contributed by atoms with E-state index in [1.807, 2.05) is 42.5 Å². The maximum Gasteiger partial charge on any atom is 0.321 e. The number of nitrogens with one attached hydrogen (secondary N) is 1. The van der Waals surface area contributed by atoms with Gasteiger partial charge in [0.05, 0.1) is 11.3 Å². The Bertz CT molecular complexity index is 1210. The lowest BCUT2D eigenvalue weighted by Crippen LogP contribution is -2.50. The molecule has 0 saturated carbocycles. The molecule has 3 amide bonds. The summed E-state index contributed by atoms with van der Waals surface area (Å²) < 4.78 is 13.2. The van der Waals surface area contributed by atoms with Gasteiger partial charge in [0.15, 0.2) is 0 Å². The molecule has 3 aromatic rings. The highest BCUT2D eigenvalue weighted by molar-refractivity contribution is 7.99. The normalized spacial score (nSPS) is 15.6. The Kier molecular flexibility index (Phi) is 5.68. The number of carbonyl (C=O) groups is 2. The van der Waals surface area contributed by atoms with Crippen molar-refractivity contribution in [3.8, 4) is 0 Å². The molecule has 2 heterocycles. The van der Waals surface area contributed by atoms with E-state index in [4.69, 9.17) is 0 Å². The zero-order valence-corrected chi connectivity index (χ0v) is 18.9. The molecule has 1 N–H and O–H groups in total. The fraction of sp³-hybridized carbons (Fsp3) is 0.200. The highest BCUT2D eigenvalue weighted by atomic mass is 32.2. The van der Waals surface area contributed by atoms with Crippen LogP contribution in [-0.2, 0) is 0 Å². The Hall–Kier alpha value is -3.52. The van der Waals surface area contributed by atoms with E-state index in [1.54, 1.807) is 40.7 Å². The predicted molar refractivity (Wildman–Crippen MR) is 129 cm³/mol. The van der Waals surface area contributed by atoms with E-state index in [0.29, 0.717) is 37.4 Å². The third kappa shape index (κ3) is 4.26. The number of halogens is 1. The quantitative estimate of drug-likeness (QED) is 0.587. The number of anilines is 3. The van der Waals surface area contributed by atoms with E-state index in [-0.39, 0.29) is 17.8 Å². The zero-order valence-electron chi connectivity index (χ0n) is 18.1. The van der Waals surface area contributed by atoms with Crippen LogP contribution in [0, 0.1) is 5.82 Å². The van der Waals surface area contributed by atoms with Crippen LogP contribution in [0.15, 0.2) is 76.5 Å². The van der Waals surface area contributed by atoms with E-state index in [9.17, 15) is 14.0 Å². The van der Waals surface area contributed by atoms with Gasteiger partial charge in [-0.2, -0.15) is 0 Å². The average molecular weight is 463 g/mol. The molecule has 0 atom stereocenters. The van der Waals surface area contributed by atoms with Crippen molar-refractivity contribution < 1.29 is 14.0 Å². The average Bonchev–Trinajstić information content (AvgIpc) is 2.94. The molecule has 2 aliphatic heterocycles. The molecule has 0 unspecified atom stereocenters. The maximum atomic E-state index is 13.2. The van der Waals surface area contributed by atoms with Gasteiger partial charge in [-0.25, -0.2) is 9.18 Å². The Balaban J connectivity index is 1.27. The molecule has 0 aromatic heterocycles. The summed E-state index contributed by atoms with van der Waals surface area (Å²) >= 11 is 1.55. The molecule has 33 heavy (non-hydrogen) atoms. The van der Waals surface area contributed by atoms with Crippen LogP contribution in [-0.4, -0.2) is 50.1 Å². The molecule has 6 nitrogen and oxygen atoms in total. The number of fused-ring (bicyclic) bond motifs is 2. The summed E-state index contributed by atoms with van der Waals surface area (Å²) in [7, 11) is 1.75. The SMILES string of the molecule is CN1C(=O)c2ccccc2Sc2ccc(NC(=O)N3CCN(c4ccc(F)cc4)CC3)cc21. The van der Waals surface area contributed by atoms with Crippen LogP contribution in [0.4, 0.5) is 26.2 Å². The minimum absolute atomic E-state index is 0.0720. The topological polar surface area (TPSA) is 55.9 Å². The number of rotatable bonds is 2. The van der Waals surface area contributed by atoms with Gasteiger partial charge in [0.2, 0.25) is 0 Å². The van der Waals surface area contributed by atoms with Gasteiger partial charge < -0.3 is 20.0 Å². The Morgan fingerprint density at radius 3 is 2.42 bits per heavy atom. The number of carbonyl (C=O) groups excluding carboxylic acids is 2. The number of urea groups is 1. The van der Waals surface area contributed by atoms with E-state index < -0.39 is 0 Å². The summed E-state index contributed by atoms with van der Waals surface area (Å²) in [6, 6.07) is 19.5. The molecule has 2 aliphatic rings. The van der Waals surface area contributed by atoms with Crippen LogP contribution in [0.3, 0.4) is 0 Å². The van der Waals surface area contributed by atoms with Gasteiger partial charge in [0.1, 0.15) is 5.82 Å². The van der Waals surface area contributed by atoms with Crippen LogP contribution < -0.4 is 15.1 Å². The molecular formula is C25H23FN4O2S. The molecule has 0 spiro atoms. The van der Waals surface area contributed by atoms with Gasteiger partial charge in [0, 0.05) is 54.4 Å². The third-order valence-electron chi connectivity index (χ3n) is 5.97. The van der Waals surface area contributed by atoms with Crippen molar-refractivity contribution in [2.45, 2.75) is 9.79 Å². The third-order valence-corrected chi connectivity index (χ3v) is 7.11. The fourth-order valence-corrected chi connectivity index (χ4v) is 5.19. The van der Waals surface area contributed by atoms with Gasteiger partial charge >= 0.3 is 6.03 Å². The highest BCUT2D eigenvalue weighted by Gasteiger charge is 2.26. The number of amides is 3. The molecular weight excluding hydrogens is 439 g/mol. The van der Waals surface area contributed by atoms with Crippen molar-refractivity contribution in [1.82, 2.24) is 4.90 Å². The van der Waals surface area contributed by atoms with Crippen molar-refractivity contribution in [3.63, 3.8) is 0 Å². The van der Waals surface area contributed by atoms with E-state index in [1.165, 1.54) is 12.1 Å². The number of hydrogen-bond acceptors (Lipinski definition) is 4. The molecule has 0 aliphatic carbocycles. The first kappa shape index (κ1) is 21.3. The summed E-state index contributed by atoms with van der Waals surface area (Å²) in [5.74, 6) is -0.329. The molecule has 1 saturated heterocycles. The molecule has 8 heteroatoms. The summed E-state index contributed by atoms with van der Waals surface area (Å²) in [5.41, 5.74) is 3.03. The summed E-state index contributed by atoms with van der Waals surface area (Å²) in [5, 5.41) is 2.97. The van der Waals surface area contributed by atoms with Crippen LogP contribution in [0.25, 0.3) is 0 Å². The number of nitrogens with zero attached hydrogens (tertiary/aromatic N) is 3. The molecule has 5 rings (SSSR count). The van der Waals surface area contributed by atoms with Crippen LogP contribution in [0.5, 0.6) is 0 Å². The minimum atomic E-state index is -0.257. The Morgan fingerprint density at radius 2 is 1.67 bits per heavy atom. The molecule has 1 fully saturated rings. The molecule has 0 bridgehead atoms. The standard InChI is InChI=1S/C25H23FN4O2S/c1-28-21-16-18(8-11-23(21)33-22-5-3-2-4-20(22)24(28)31)27-25(32)30-14-12-29(13-15-30)19-9-6-17(26)7-10-19/h2-11,16H,12-15H2,1H3,(H,27,32). The van der Waals surface area contributed by atoms with E-state index in [2.05, 4.69) is 10.2 Å². The summed E-state index contributed by atoms with van der Waals surface area (Å²) in [6.07, 6.45) is 0. The largest absolute Gasteiger partial charge is 0.368 e. The lowest BCUT2D eigenvalue weighted by Gasteiger charge is -2.36. The Morgan fingerprint density at radius 1 is 0.939 bits per heavy atom. The van der Waals surface area contributed by atoms with Gasteiger partial charge in [-0.1, -0.05) is 23.9 Å². The first-order valence-electron chi connectivity index (χ1n) is 10.7. The zero-order chi connectivity index (χ0) is 22.9. The van der Waals surface area contributed by atoms with Crippen molar-refractivity contribution in [2.75, 3.05) is 48.3 Å². The number of piperazine rings is 1. The molecule has 3 aromatic carbocycles. The van der Waals surface area contributed by atoms with Gasteiger partial charge in [-0.15, -0.1) is 0 Å². The highest BCUT2D eigenvalue weighted by Crippen LogP contribution is 2.41. The van der Waals surface area contributed by atoms with Crippen molar-refractivity contribution in [3.05, 3.63) is 78.1 Å². The predicted octanol–water partition coefficient (Wildman–Crippen LogP) is 4.92. The lowest BCUT2D eigenvalue weighted by molar-refractivity contribution is 0.0990. The van der Waals surface area contributed by atoms with Crippen LogP contribution >= 0.6 is 11.8 Å².